The lowest BCUT2D eigenvalue weighted by molar-refractivity contribution is 0.216. The maximum Gasteiger partial charge on any atom is 0.123 e. The molecule has 1 rings (SSSR count). The van der Waals surface area contributed by atoms with Crippen LogP contribution in [-0.2, 0) is 0 Å². The summed E-state index contributed by atoms with van der Waals surface area (Å²) >= 11 is 0. The Kier molecular flexibility index (Phi) is 4.72. The van der Waals surface area contributed by atoms with Gasteiger partial charge >= 0.3 is 0 Å². The van der Waals surface area contributed by atoms with E-state index in [9.17, 15) is 4.39 Å². The Morgan fingerprint density at radius 3 is 2.47 bits per heavy atom. The molecule has 1 unspecified atom stereocenters. The summed E-state index contributed by atoms with van der Waals surface area (Å²) in [7, 11) is 2.00. The van der Waals surface area contributed by atoms with Crippen LogP contribution in [0.4, 0.5) is 4.39 Å². The standard InChI is InChI=1S/C12H18FNO/c1-10(14(2)8-3-9-15)11-4-6-12(13)7-5-11/h4-7,10,15H,3,8-9H2,1-2H3. The minimum Gasteiger partial charge on any atom is -0.396 e. The van der Waals surface area contributed by atoms with Crippen molar-refractivity contribution in [2.45, 2.75) is 19.4 Å². The smallest absolute Gasteiger partial charge is 0.123 e. The van der Waals surface area contributed by atoms with Gasteiger partial charge in [0.2, 0.25) is 0 Å². The molecule has 0 saturated carbocycles. The number of aliphatic hydroxyl groups is 1. The van der Waals surface area contributed by atoms with Gasteiger partial charge in [-0.25, -0.2) is 4.39 Å². The summed E-state index contributed by atoms with van der Waals surface area (Å²) in [6.07, 6.45) is 0.766. The molecule has 3 heteroatoms. The molecule has 0 radical (unpaired) electrons. The van der Waals surface area contributed by atoms with E-state index in [1.54, 1.807) is 12.1 Å². The van der Waals surface area contributed by atoms with Crippen LogP contribution in [-0.4, -0.2) is 30.2 Å². The molecule has 0 spiro atoms. The molecule has 1 aromatic rings. The van der Waals surface area contributed by atoms with Crippen molar-refractivity contribution in [3.8, 4) is 0 Å². The molecule has 0 bridgehead atoms. The summed E-state index contributed by atoms with van der Waals surface area (Å²) in [6.45, 7) is 3.13. The van der Waals surface area contributed by atoms with E-state index in [0.717, 1.165) is 18.5 Å². The number of hydrogen-bond donors (Lipinski definition) is 1. The molecule has 0 amide bonds. The van der Waals surface area contributed by atoms with Crippen LogP contribution in [0.15, 0.2) is 24.3 Å². The summed E-state index contributed by atoms with van der Waals surface area (Å²) in [4.78, 5) is 2.14. The van der Waals surface area contributed by atoms with Crippen LogP contribution < -0.4 is 0 Å². The van der Waals surface area contributed by atoms with E-state index in [1.807, 2.05) is 7.05 Å². The average molecular weight is 211 g/mol. The van der Waals surface area contributed by atoms with E-state index in [1.165, 1.54) is 12.1 Å². The fourth-order valence-corrected chi connectivity index (χ4v) is 1.51. The number of benzene rings is 1. The lowest BCUT2D eigenvalue weighted by Crippen LogP contribution is -2.24. The molecule has 15 heavy (non-hydrogen) atoms. The monoisotopic (exact) mass is 211 g/mol. The number of halogens is 1. The van der Waals surface area contributed by atoms with Crippen molar-refractivity contribution in [3.05, 3.63) is 35.6 Å². The Bertz CT molecular complexity index is 286. The third-order valence-electron chi connectivity index (χ3n) is 2.68. The van der Waals surface area contributed by atoms with Crippen molar-refractivity contribution in [1.29, 1.82) is 0 Å². The molecular weight excluding hydrogens is 193 g/mol. The summed E-state index contributed by atoms with van der Waals surface area (Å²) in [5, 5.41) is 8.73. The predicted molar refractivity (Wildman–Crippen MR) is 59.1 cm³/mol. The number of aliphatic hydroxyl groups excluding tert-OH is 1. The quantitative estimate of drug-likeness (QED) is 0.807. The first-order chi connectivity index (χ1) is 7.15. The highest BCUT2D eigenvalue weighted by Crippen LogP contribution is 2.18. The van der Waals surface area contributed by atoms with E-state index >= 15 is 0 Å². The highest BCUT2D eigenvalue weighted by Gasteiger charge is 2.10. The fraction of sp³-hybridized carbons (Fsp3) is 0.500. The molecule has 2 nitrogen and oxygen atoms in total. The molecule has 0 heterocycles. The number of hydrogen-bond acceptors (Lipinski definition) is 2. The third kappa shape index (κ3) is 3.61. The molecule has 0 aromatic heterocycles. The second kappa shape index (κ2) is 5.83. The van der Waals surface area contributed by atoms with Crippen LogP contribution in [0.25, 0.3) is 0 Å². The summed E-state index contributed by atoms with van der Waals surface area (Å²) in [6, 6.07) is 6.81. The van der Waals surface area contributed by atoms with E-state index in [0.29, 0.717) is 0 Å². The van der Waals surface area contributed by atoms with Crippen molar-refractivity contribution in [2.24, 2.45) is 0 Å². The van der Waals surface area contributed by atoms with Crippen molar-refractivity contribution in [3.63, 3.8) is 0 Å². The van der Waals surface area contributed by atoms with Gasteiger partial charge in [0.25, 0.3) is 0 Å². The largest absolute Gasteiger partial charge is 0.396 e. The number of rotatable bonds is 5. The Labute approximate surface area is 90.3 Å². The van der Waals surface area contributed by atoms with Crippen LogP contribution in [0.5, 0.6) is 0 Å². The third-order valence-corrected chi connectivity index (χ3v) is 2.68. The van der Waals surface area contributed by atoms with Gasteiger partial charge in [0, 0.05) is 19.2 Å². The van der Waals surface area contributed by atoms with Gasteiger partial charge in [0.05, 0.1) is 0 Å². The van der Waals surface area contributed by atoms with Crippen LogP contribution in [0.1, 0.15) is 24.9 Å². The summed E-state index contributed by atoms with van der Waals surface area (Å²) in [5.74, 6) is -0.205. The minimum atomic E-state index is -0.205. The van der Waals surface area contributed by atoms with Crippen molar-refractivity contribution < 1.29 is 9.50 Å². The Morgan fingerprint density at radius 2 is 1.93 bits per heavy atom. The summed E-state index contributed by atoms with van der Waals surface area (Å²) < 4.78 is 12.7. The molecule has 0 aliphatic carbocycles. The van der Waals surface area contributed by atoms with Crippen LogP contribution in [0, 0.1) is 5.82 Å². The topological polar surface area (TPSA) is 23.5 Å². The molecular formula is C12H18FNO. The SMILES string of the molecule is CC(c1ccc(F)cc1)N(C)CCCO. The zero-order chi connectivity index (χ0) is 11.3. The molecule has 84 valence electrons. The molecule has 1 aromatic carbocycles. The fourth-order valence-electron chi connectivity index (χ4n) is 1.51. The lowest BCUT2D eigenvalue weighted by Gasteiger charge is -2.24. The zero-order valence-electron chi connectivity index (χ0n) is 9.28. The van der Waals surface area contributed by atoms with Crippen molar-refractivity contribution >= 4 is 0 Å². The first-order valence-electron chi connectivity index (χ1n) is 5.21. The van der Waals surface area contributed by atoms with Gasteiger partial charge in [-0.1, -0.05) is 12.1 Å². The normalized spacial score (nSPS) is 13.1. The van der Waals surface area contributed by atoms with Gasteiger partial charge in [-0.15, -0.1) is 0 Å². The van der Waals surface area contributed by atoms with Crippen molar-refractivity contribution in [2.75, 3.05) is 20.2 Å². The molecule has 1 atom stereocenters. The van der Waals surface area contributed by atoms with Gasteiger partial charge in [-0.05, 0) is 38.1 Å². The van der Waals surface area contributed by atoms with Gasteiger partial charge < -0.3 is 5.11 Å². The first kappa shape index (κ1) is 12.1. The lowest BCUT2D eigenvalue weighted by atomic mass is 10.1. The van der Waals surface area contributed by atoms with Crippen molar-refractivity contribution in [1.82, 2.24) is 4.90 Å². The van der Waals surface area contributed by atoms with Crippen LogP contribution in [0.2, 0.25) is 0 Å². The van der Waals surface area contributed by atoms with Crippen LogP contribution >= 0.6 is 0 Å². The highest BCUT2D eigenvalue weighted by molar-refractivity contribution is 5.19. The van der Waals surface area contributed by atoms with E-state index in [2.05, 4.69) is 11.8 Å². The second-order valence-electron chi connectivity index (χ2n) is 3.79. The molecule has 0 aliphatic rings. The van der Waals surface area contributed by atoms with E-state index < -0.39 is 0 Å². The molecule has 1 N–H and O–H groups in total. The van der Waals surface area contributed by atoms with Gasteiger partial charge in [-0.2, -0.15) is 0 Å². The molecule has 0 saturated heterocycles. The highest BCUT2D eigenvalue weighted by atomic mass is 19.1. The van der Waals surface area contributed by atoms with Gasteiger partial charge in [-0.3, -0.25) is 4.90 Å². The zero-order valence-corrected chi connectivity index (χ0v) is 9.28. The van der Waals surface area contributed by atoms with E-state index in [-0.39, 0.29) is 18.5 Å². The maximum absolute atomic E-state index is 12.7. The average Bonchev–Trinajstić information content (AvgIpc) is 2.26. The summed E-state index contributed by atoms with van der Waals surface area (Å²) in [5.41, 5.74) is 1.09. The van der Waals surface area contributed by atoms with E-state index in [4.69, 9.17) is 5.11 Å². The minimum absolute atomic E-state index is 0.205. The molecule has 0 aliphatic heterocycles. The Hall–Kier alpha value is -0.930. The second-order valence-corrected chi connectivity index (χ2v) is 3.79. The predicted octanol–water partition coefficient (Wildman–Crippen LogP) is 2.20. The molecule has 0 fully saturated rings. The Balaban J connectivity index is 2.59. The first-order valence-corrected chi connectivity index (χ1v) is 5.21. The van der Waals surface area contributed by atoms with Crippen LogP contribution in [0.3, 0.4) is 0 Å². The maximum atomic E-state index is 12.7. The Morgan fingerprint density at radius 1 is 1.33 bits per heavy atom. The number of nitrogens with zero attached hydrogens (tertiary/aromatic N) is 1. The van der Waals surface area contributed by atoms with Gasteiger partial charge in [0.1, 0.15) is 5.82 Å². The van der Waals surface area contributed by atoms with Gasteiger partial charge in [0.15, 0.2) is 0 Å².